The van der Waals surface area contributed by atoms with Crippen LogP contribution in [0.25, 0.3) is 10.9 Å². The second kappa shape index (κ2) is 5.92. The SMILES string of the molecule is Cn1c(COc2cccc(Cl)c2Cl)c(C#N)c2ccccc21. The molecule has 3 rings (SSSR count). The first-order chi connectivity index (χ1) is 10.6. The molecule has 0 aliphatic carbocycles. The second-order valence-electron chi connectivity index (χ2n) is 4.85. The van der Waals surface area contributed by atoms with Gasteiger partial charge in [-0.2, -0.15) is 5.26 Å². The number of hydrogen-bond acceptors (Lipinski definition) is 2. The summed E-state index contributed by atoms with van der Waals surface area (Å²) < 4.78 is 7.73. The lowest BCUT2D eigenvalue weighted by Crippen LogP contribution is -2.04. The van der Waals surface area contributed by atoms with Gasteiger partial charge in [0.1, 0.15) is 23.4 Å². The van der Waals surface area contributed by atoms with Gasteiger partial charge in [0.25, 0.3) is 0 Å². The number of aryl methyl sites for hydroxylation is 1. The third-order valence-corrected chi connectivity index (χ3v) is 4.42. The molecule has 0 saturated heterocycles. The van der Waals surface area contributed by atoms with Crippen LogP contribution in [0.2, 0.25) is 10.0 Å². The Labute approximate surface area is 138 Å². The first-order valence-corrected chi connectivity index (χ1v) is 7.42. The highest BCUT2D eigenvalue weighted by molar-refractivity contribution is 6.42. The van der Waals surface area contributed by atoms with Crippen LogP contribution in [0.1, 0.15) is 11.3 Å². The highest BCUT2D eigenvalue weighted by Crippen LogP contribution is 2.33. The Bertz CT molecular complexity index is 894. The maximum absolute atomic E-state index is 9.46. The molecule has 2 aromatic carbocycles. The van der Waals surface area contributed by atoms with Gasteiger partial charge in [0.15, 0.2) is 0 Å². The summed E-state index contributed by atoms with van der Waals surface area (Å²) in [5.74, 6) is 0.503. The second-order valence-corrected chi connectivity index (χ2v) is 5.64. The Hall–Kier alpha value is -2.15. The van der Waals surface area contributed by atoms with Gasteiger partial charge >= 0.3 is 0 Å². The Kier molecular flexibility index (Phi) is 3.98. The molecule has 1 heterocycles. The van der Waals surface area contributed by atoms with Crippen molar-refractivity contribution in [2.75, 3.05) is 0 Å². The number of rotatable bonds is 3. The first-order valence-electron chi connectivity index (χ1n) is 6.66. The van der Waals surface area contributed by atoms with Gasteiger partial charge in [-0.3, -0.25) is 0 Å². The van der Waals surface area contributed by atoms with Crippen molar-refractivity contribution in [3.63, 3.8) is 0 Å². The van der Waals surface area contributed by atoms with Crippen molar-refractivity contribution in [2.24, 2.45) is 7.05 Å². The van der Waals surface area contributed by atoms with Gasteiger partial charge in [0, 0.05) is 18.0 Å². The fraction of sp³-hybridized carbons (Fsp3) is 0.118. The number of aromatic nitrogens is 1. The first kappa shape index (κ1) is 14.8. The molecule has 0 atom stereocenters. The van der Waals surface area contributed by atoms with E-state index >= 15 is 0 Å². The van der Waals surface area contributed by atoms with E-state index in [1.165, 1.54) is 0 Å². The molecule has 0 radical (unpaired) electrons. The quantitative estimate of drug-likeness (QED) is 0.682. The third kappa shape index (κ3) is 2.41. The molecular formula is C17H12Cl2N2O. The molecule has 0 bridgehead atoms. The van der Waals surface area contributed by atoms with Crippen molar-refractivity contribution in [1.29, 1.82) is 5.26 Å². The summed E-state index contributed by atoms with van der Waals surface area (Å²) in [5.41, 5.74) is 2.42. The van der Waals surface area contributed by atoms with Crippen LogP contribution in [0, 0.1) is 11.3 Å². The van der Waals surface area contributed by atoms with Crippen LogP contribution in [0.3, 0.4) is 0 Å². The monoisotopic (exact) mass is 330 g/mol. The molecule has 0 aliphatic rings. The fourth-order valence-electron chi connectivity index (χ4n) is 2.48. The molecule has 0 aliphatic heterocycles. The third-order valence-electron chi connectivity index (χ3n) is 3.62. The van der Waals surface area contributed by atoms with Crippen molar-refractivity contribution in [2.45, 2.75) is 6.61 Å². The van der Waals surface area contributed by atoms with E-state index in [0.29, 0.717) is 21.4 Å². The number of nitrogens with zero attached hydrogens (tertiary/aromatic N) is 2. The Morgan fingerprint density at radius 1 is 1.14 bits per heavy atom. The summed E-state index contributed by atoms with van der Waals surface area (Å²) in [4.78, 5) is 0. The number of benzene rings is 2. The highest BCUT2D eigenvalue weighted by Gasteiger charge is 2.15. The van der Waals surface area contributed by atoms with Gasteiger partial charge < -0.3 is 9.30 Å². The maximum atomic E-state index is 9.46. The number of para-hydroxylation sites is 1. The van der Waals surface area contributed by atoms with E-state index in [4.69, 9.17) is 27.9 Å². The molecule has 3 nitrogen and oxygen atoms in total. The highest BCUT2D eigenvalue weighted by atomic mass is 35.5. The van der Waals surface area contributed by atoms with Gasteiger partial charge in [0.05, 0.1) is 16.3 Å². The topological polar surface area (TPSA) is 38.0 Å². The van der Waals surface area contributed by atoms with Gasteiger partial charge in [-0.05, 0) is 18.2 Å². The van der Waals surface area contributed by atoms with Gasteiger partial charge in [0.2, 0.25) is 0 Å². The molecule has 3 aromatic rings. The van der Waals surface area contributed by atoms with E-state index in [2.05, 4.69) is 6.07 Å². The van der Waals surface area contributed by atoms with E-state index in [1.54, 1.807) is 18.2 Å². The minimum atomic E-state index is 0.244. The van der Waals surface area contributed by atoms with E-state index in [1.807, 2.05) is 35.9 Å². The summed E-state index contributed by atoms with van der Waals surface area (Å²) in [6.45, 7) is 0.244. The number of nitriles is 1. The van der Waals surface area contributed by atoms with Crippen LogP contribution in [0.5, 0.6) is 5.75 Å². The zero-order valence-electron chi connectivity index (χ0n) is 11.8. The van der Waals surface area contributed by atoms with Crippen molar-refractivity contribution >= 4 is 34.1 Å². The molecular weight excluding hydrogens is 319 g/mol. The van der Waals surface area contributed by atoms with Crippen molar-refractivity contribution in [3.8, 4) is 11.8 Å². The molecule has 0 N–H and O–H groups in total. The lowest BCUT2D eigenvalue weighted by molar-refractivity contribution is 0.297. The van der Waals surface area contributed by atoms with Crippen LogP contribution >= 0.6 is 23.2 Å². The van der Waals surface area contributed by atoms with Gasteiger partial charge in [-0.25, -0.2) is 0 Å². The molecule has 22 heavy (non-hydrogen) atoms. The van der Waals surface area contributed by atoms with Crippen LogP contribution in [0.4, 0.5) is 0 Å². The van der Waals surface area contributed by atoms with Crippen LogP contribution in [-0.2, 0) is 13.7 Å². The lowest BCUT2D eigenvalue weighted by atomic mass is 10.1. The summed E-state index contributed by atoms with van der Waals surface area (Å²) in [7, 11) is 1.92. The molecule has 0 spiro atoms. The van der Waals surface area contributed by atoms with Crippen molar-refractivity contribution in [1.82, 2.24) is 4.57 Å². The Balaban J connectivity index is 1.99. The maximum Gasteiger partial charge on any atom is 0.140 e. The molecule has 0 unspecified atom stereocenters. The van der Waals surface area contributed by atoms with E-state index in [9.17, 15) is 5.26 Å². The number of ether oxygens (including phenoxy) is 1. The zero-order valence-corrected chi connectivity index (χ0v) is 13.3. The molecule has 0 saturated carbocycles. The summed E-state index contributed by atoms with van der Waals surface area (Å²) in [6, 6.07) is 15.3. The van der Waals surface area contributed by atoms with Gasteiger partial charge in [-0.1, -0.05) is 47.5 Å². The minimum Gasteiger partial charge on any atom is -0.486 e. The molecule has 5 heteroatoms. The average molecular weight is 331 g/mol. The molecule has 110 valence electrons. The smallest absolute Gasteiger partial charge is 0.140 e. The van der Waals surface area contributed by atoms with Crippen molar-refractivity contribution < 1.29 is 4.74 Å². The molecule has 0 fully saturated rings. The Morgan fingerprint density at radius 3 is 2.68 bits per heavy atom. The van der Waals surface area contributed by atoms with Crippen LogP contribution < -0.4 is 4.74 Å². The van der Waals surface area contributed by atoms with E-state index < -0.39 is 0 Å². The largest absolute Gasteiger partial charge is 0.486 e. The zero-order chi connectivity index (χ0) is 15.7. The van der Waals surface area contributed by atoms with Crippen LogP contribution in [0.15, 0.2) is 42.5 Å². The summed E-state index contributed by atoms with van der Waals surface area (Å²) in [6.07, 6.45) is 0. The van der Waals surface area contributed by atoms with Crippen LogP contribution in [-0.4, -0.2) is 4.57 Å². The standard InChI is InChI=1S/C17H12Cl2N2O/c1-21-14-7-3-2-5-11(14)12(9-20)15(21)10-22-16-8-4-6-13(18)17(16)19/h2-8H,10H2,1H3. The molecule has 0 amide bonds. The lowest BCUT2D eigenvalue weighted by Gasteiger charge is -2.10. The summed E-state index contributed by atoms with van der Waals surface area (Å²) >= 11 is 12.1. The number of hydrogen-bond donors (Lipinski definition) is 0. The summed E-state index contributed by atoms with van der Waals surface area (Å²) in [5, 5.41) is 11.2. The van der Waals surface area contributed by atoms with Crippen molar-refractivity contribution in [3.05, 3.63) is 63.8 Å². The fourth-order valence-corrected chi connectivity index (χ4v) is 2.83. The van der Waals surface area contributed by atoms with E-state index in [0.717, 1.165) is 16.6 Å². The normalized spacial score (nSPS) is 10.6. The predicted molar refractivity (Wildman–Crippen MR) is 88.4 cm³/mol. The average Bonchev–Trinajstić information content (AvgIpc) is 2.81. The number of fused-ring (bicyclic) bond motifs is 1. The van der Waals surface area contributed by atoms with Gasteiger partial charge in [-0.15, -0.1) is 0 Å². The van der Waals surface area contributed by atoms with E-state index in [-0.39, 0.29) is 6.61 Å². The molecule has 1 aromatic heterocycles. The number of halogens is 2. The minimum absolute atomic E-state index is 0.244. The predicted octanol–water partition coefficient (Wildman–Crippen LogP) is 4.94. The Morgan fingerprint density at radius 2 is 1.91 bits per heavy atom.